The Morgan fingerprint density at radius 2 is 1.69 bits per heavy atom. The van der Waals surface area contributed by atoms with Crippen molar-refractivity contribution in [3.8, 4) is 5.69 Å². The van der Waals surface area contributed by atoms with Gasteiger partial charge in [0.05, 0.1) is 0 Å². The van der Waals surface area contributed by atoms with Gasteiger partial charge in [-0.25, -0.2) is 0 Å². The van der Waals surface area contributed by atoms with E-state index >= 15 is 0 Å². The minimum Gasteiger partial charge on any atom is -0.326 e. The molecule has 164 valence electrons. The van der Waals surface area contributed by atoms with Crippen LogP contribution in [0.15, 0.2) is 53.6 Å². The summed E-state index contributed by atoms with van der Waals surface area (Å²) >= 11 is 0. The van der Waals surface area contributed by atoms with Gasteiger partial charge in [-0.05, 0) is 80.6 Å². The van der Waals surface area contributed by atoms with Gasteiger partial charge in [-0.1, -0.05) is 12.1 Å². The lowest BCUT2D eigenvalue weighted by molar-refractivity contribution is -0.116. The molecule has 0 aliphatic rings. The molecule has 32 heavy (non-hydrogen) atoms. The number of benzene rings is 2. The zero-order valence-electron chi connectivity index (χ0n) is 18.8. The second-order valence-corrected chi connectivity index (χ2v) is 8.33. The number of nitrogens with zero attached hydrogens (tertiary/aromatic N) is 4. The maximum Gasteiger partial charge on any atom is 0.300 e. The summed E-state index contributed by atoms with van der Waals surface area (Å²) in [6.45, 7) is 8.08. The van der Waals surface area contributed by atoms with Gasteiger partial charge in [-0.3, -0.25) is 18.6 Å². The van der Waals surface area contributed by atoms with E-state index in [4.69, 9.17) is 0 Å². The Balaban J connectivity index is 1.45. The lowest BCUT2D eigenvalue weighted by atomic mass is 10.1. The number of fused-ring (bicyclic) bond motifs is 1. The highest BCUT2D eigenvalue weighted by Gasteiger charge is 2.13. The maximum absolute atomic E-state index is 13.0. The Bertz CT molecular complexity index is 1350. The van der Waals surface area contributed by atoms with Crippen LogP contribution in [-0.4, -0.2) is 25.1 Å². The summed E-state index contributed by atoms with van der Waals surface area (Å²) in [5, 5.41) is 11.2. The molecule has 0 spiro atoms. The van der Waals surface area contributed by atoms with Crippen molar-refractivity contribution in [2.45, 2.75) is 47.0 Å². The average molecular weight is 430 g/mol. The zero-order valence-corrected chi connectivity index (χ0v) is 18.8. The summed E-state index contributed by atoms with van der Waals surface area (Å²) < 4.78 is 3.30. The van der Waals surface area contributed by atoms with Gasteiger partial charge < -0.3 is 5.32 Å². The fourth-order valence-corrected chi connectivity index (χ4v) is 3.85. The van der Waals surface area contributed by atoms with Gasteiger partial charge in [0, 0.05) is 36.6 Å². The number of amides is 1. The molecule has 0 saturated heterocycles. The van der Waals surface area contributed by atoms with Gasteiger partial charge in [0.2, 0.25) is 11.6 Å². The number of hydrogen-bond donors (Lipinski definition) is 1. The van der Waals surface area contributed by atoms with Crippen molar-refractivity contribution in [3.63, 3.8) is 0 Å². The highest BCUT2D eigenvalue weighted by atomic mass is 16.1. The Labute approximate surface area is 186 Å². The number of rotatable bonds is 6. The first-order valence-electron chi connectivity index (χ1n) is 10.7. The molecule has 4 rings (SSSR count). The van der Waals surface area contributed by atoms with Crippen LogP contribution < -0.4 is 10.9 Å². The summed E-state index contributed by atoms with van der Waals surface area (Å²) in [4.78, 5) is 25.3. The number of anilines is 1. The number of aryl methyl sites for hydroxylation is 5. The van der Waals surface area contributed by atoms with Gasteiger partial charge in [0.15, 0.2) is 0 Å². The summed E-state index contributed by atoms with van der Waals surface area (Å²) in [7, 11) is 0. The van der Waals surface area contributed by atoms with Crippen molar-refractivity contribution in [1.82, 2.24) is 19.2 Å². The summed E-state index contributed by atoms with van der Waals surface area (Å²) in [5.41, 5.74) is 6.19. The van der Waals surface area contributed by atoms with Crippen molar-refractivity contribution in [2.75, 3.05) is 5.32 Å². The lowest BCUT2D eigenvalue weighted by Crippen LogP contribution is -2.20. The Kier molecular flexibility index (Phi) is 5.90. The first-order valence-corrected chi connectivity index (χ1v) is 10.7. The quantitative estimate of drug-likeness (QED) is 0.501. The minimum atomic E-state index is -0.219. The van der Waals surface area contributed by atoms with E-state index in [0.29, 0.717) is 25.1 Å². The zero-order chi connectivity index (χ0) is 22.8. The number of carbonyl (C=O) groups is 1. The van der Waals surface area contributed by atoms with E-state index in [9.17, 15) is 9.59 Å². The van der Waals surface area contributed by atoms with Gasteiger partial charge >= 0.3 is 5.56 Å². The highest BCUT2D eigenvalue weighted by Crippen LogP contribution is 2.15. The number of aromatic nitrogens is 4. The van der Waals surface area contributed by atoms with Crippen molar-refractivity contribution in [3.05, 3.63) is 87.2 Å². The van der Waals surface area contributed by atoms with Gasteiger partial charge in [-0.2, -0.15) is 0 Å². The molecule has 0 unspecified atom stereocenters. The molecule has 0 aliphatic carbocycles. The molecule has 2 aromatic carbocycles. The number of nitrogens with one attached hydrogen (secondary N) is 1. The third-order valence-corrected chi connectivity index (χ3v) is 5.62. The van der Waals surface area contributed by atoms with Gasteiger partial charge in [-0.15, -0.1) is 10.2 Å². The van der Waals surface area contributed by atoms with Crippen LogP contribution in [0.5, 0.6) is 0 Å². The Hall–Kier alpha value is -3.74. The molecule has 0 aliphatic heterocycles. The number of hydrogen-bond acceptors (Lipinski definition) is 4. The van der Waals surface area contributed by atoms with E-state index in [1.54, 1.807) is 21.4 Å². The van der Waals surface area contributed by atoms with Crippen LogP contribution in [0.25, 0.3) is 11.3 Å². The highest BCUT2D eigenvalue weighted by molar-refractivity contribution is 5.90. The second kappa shape index (κ2) is 8.78. The molecule has 0 bridgehead atoms. The standard InChI is InChI=1S/C25H27N5O2/c1-16-12-17(2)14-21(13-16)29-10-11-30-22(27-28-24(30)25(29)32)6-5-7-23(31)26-20-9-8-18(3)19(4)15-20/h8-15H,5-7H2,1-4H3,(H,26,31). The fraction of sp³-hybridized carbons (Fsp3) is 0.280. The molecule has 0 atom stereocenters. The molecule has 7 nitrogen and oxygen atoms in total. The van der Waals surface area contributed by atoms with Crippen LogP contribution in [0, 0.1) is 27.7 Å². The van der Waals surface area contributed by atoms with E-state index in [0.717, 1.165) is 28.1 Å². The van der Waals surface area contributed by atoms with Crippen molar-refractivity contribution < 1.29 is 4.79 Å². The first kappa shape index (κ1) is 21.5. The predicted molar refractivity (Wildman–Crippen MR) is 126 cm³/mol. The van der Waals surface area contributed by atoms with E-state index in [-0.39, 0.29) is 17.1 Å². The van der Waals surface area contributed by atoms with Gasteiger partial charge in [0.1, 0.15) is 5.82 Å². The van der Waals surface area contributed by atoms with E-state index in [1.807, 2.05) is 58.0 Å². The molecule has 1 N–H and O–H groups in total. The summed E-state index contributed by atoms with van der Waals surface area (Å²) in [5.74, 6) is 0.628. The van der Waals surface area contributed by atoms with E-state index in [2.05, 4.69) is 21.6 Å². The van der Waals surface area contributed by atoms with Crippen molar-refractivity contribution >= 4 is 17.2 Å². The molecule has 4 aromatic rings. The number of carbonyl (C=O) groups excluding carboxylic acids is 1. The fourth-order valence-electron chi connectivity index (χ4n) is 3.85. The first-order chi connectivity index (χ1) is 15.3. The lowest BCUT2D eigenvalue weighted by Gasteiger charge is -2.09. The molecule has 1 amide bonds. The average Bonchev–Trinajstić information content (AvgIpc) is 3.14. The third kappa shape index (κ3) is 4.46. The van der Waals surface area contributed by atoms with Crippen LogP contribution in [0.3, 0.4) is 0 Å². The normalized spacial score (nSPS) is 11.1. The molecule has 2 heterocycles. The maximum atomic E-state index is 13.0. The van der Waals surface area contributed by atoms with Crippen molar-refractivity contribution in [1.29, 1.82) is 0 Å². The molecular formula is C25H27N5O2. The molecule has 2 aromatic heterocycles. The molecule has 0 radical (unpaired) electrons. The van der Waals surface area contributed by atoms with E-state index in [1.165, 1.54) is 5.56 Å². The summed E-state index contributed by atoms with van der Waals surface area (Å²) in [6.07, 6.45) is 5.06. The van der Waals surface area contributed by atoms with Crippen LogP contribution in [-0.2, 0) is 11.2 Å². The van der Waals surface area contributed by atoms with Crippen LogP contribution in [0.2, 0.25) is 0 Å². The van der Waals surface area contributed by atoms with Crippen LogP contribution >= 0.6 is 0 Å². The van der Waals surface area contributed by atoms with Crippen LogP contribution in [0.4, 0.5) is 5.69 Å². The monoisotopic (exact) mass is 429 g/mol. The largest absolute Gasteiger partial charge is 0.326 e. The van der Waals surface area contributed by atoms with Gasteiger partial charge in [0.25, 0.3) is 0 Å². The third-order valence-electron chi connectivity index (χ3n) is 5.62. The SMILES string of the molecule is Cc1cc(C)cc(-n2ccn3c(CCCC(=O)Nc4ccc(C)c(C)c4)nnc3c2=O)c1. The predicted octanol–water partition coefficient (Wildman–Crippen LogP) is 4.08. The summed E-state index contributed by atoms with van der Waals surface area (Å²) in [6, 6.07) is 11.9. The molecule has 0 fully saturated rings. The van der Waals surface area contributed by atoms with Crippen LogP contribution in [0.1, 0.15) is 40.9 Å². The van der Waals surface area contributed by atoms with E-state index < -0.39 is 0 Å². The second-order valence-electron chi connectivity index (χ2n) is 8.33. The molecule has 7 heteroatoms. The molecular weight excluding hydrogens is 402 g/mol. The Morgan fingerprint density at radius 3 is 2.41 bits per heavy atom. The minimum absolute atomic E-state index is 0.0424. The van der Waals surface area contributed by atoms with Crippen molar-refractivity contribution in [2.24, 2.45) is 0 Å². The Morgan fingerprint density at radius 1 is 0.938 bits per heavy atom. The smallest absolute Gasteiger partial charge is 0.300 e. The molecule has 0 saturated carbocycles. The topological polar surface area (TPSA) is 81.3 Å².